The summed E-state index contributed by atoms with van der Waals surface area (Å²) in [5.74, 6) is -1.35. The Morgan fingerprint density at radius 2 is 1.93 bits per heavy atom. The Morgan fingerprint density at radius 1 is 1.25 bits per heavy atom. The number of nitrogens with one attached hydrogen (secondary N) is 1. The zero-order chi connectivity index (χ0) is 20.1. The van der Waals surface area contributed by atoms with E-state index in [4.69, 9.17) is 9.47 Å². The molecule has 1 fully saturated rings. The summed E-state index contributed by atoms with van der Waals surface area (Å²) < 4.78 is 24.9. The third-order valence-electron chi connectivity index (χ3n) is 4.56. The van der Waals surface area contributed by atoms with Crippen LogP contribution in [0.3, 0.4) is 0 Å². The lowest BCUT2D eigenvalue weighted by atomic mass is 9.95. The monoisotopic (exact) mass is 380 g/mol. The number of benzene rings is 1. The average molecular weight is 380 g/mol. The fourth-order valence-corrected chi connectivity index (χ4v) is 3.13. The van der Waals surface area contributed by atoms with Gasteiger partial charge in [0.1, 0.15) is 29.1 Å². The molecule has 2 aromatic rings. The Kier molecular flexibility index (Phi) is 5.83. The van der Waals surface area contributed by atoms with Gasteiger partial charge in [-0.05, 0) is 18.9 Å². The number of methoxy groups -OCH3 is 1. The van der Waals surface area contributed by atoms with Gasteiger partial charge in [-0.15, -0.1) is 0 Å². The van der Waals surface area contributed by atoms with Crippen LogP contribution in [0.25, 0.3) is 11.1 Å². The van der Waals surface area contributed by atoms with Gasteiger partial charge in [-0.1, -0.05) is 18.2 Å². The molecule has 3 rings (SSSR count). The second-order valence-corrected chi connectivity index (χ2v) is 6.17. The Balaban J connectivity index is 2.15. The topological polar surface area (TPSA) is 108 Å². The van der Waals surface area contributed by atoms with Gasteiger partial charge in [-0.2, -0.15) is 15.5 Å². The summed E-state index contributed by atoms with van der Waals surface area (Å²) in [6.45, 7) is 0.960. The zero-order valence-electron chi connectivity index (χ0n) is 15.2. The van der Waals surface area contributed by atoms with E-state index in [9.17, 15) is 19.7 Å². The number of carbonyl (C=O) groups is 1. The maximum atomic E-state index is 14.4. The maximum absolute atomic E-state index is 14.4. The van der Waals surface area contributed by atoms with E-state index >= 15 is 0 Å². The molecule has 28 heavy (non-hydrogen) atoms. The van der Waals surface area contributed by atoms with E-state index in [-0.39, 0.29) is 45.8 Å². The summed E-state index contributed by atoms with van der Waals surface area (Å²) in [5.41, 5.74) is -0.0776. The van der Waals surface area contributed by atoms with Crippen LogP contribution in [0.15, 0.2) is 24.3 Å². The molecule has 142 valence electrons. The number of hydrogen-bond acceptors (Lipinski definition) is 6. The van der Waals surface area contributed by atoms with Crippen molar-refractivity contribution < 1.29 is 18.7 Å². The molecule has 1 amide bonds. The largest absolute Gasteiger partial charge is 0.480 e. The van der Waals surface area contributed by atoms with Gasteiger partial charge in [0, 0.05) is 30.3 Å². The summed E-state index contributed by atoms with van der Waals surface area (Å²) in [6.07, 6.45) is 1.11. The van der Waals surface area contributed by atoms with Crippen molar-refractivity contribution in [3.8, 4) is 29.1 Å². The van der Waals surface area contributed by atoms with Crippen LogP contribution in [0.4, 0.5) is 10.2 Å². The lowest BCUT2D eigenvalue weighted by Gasteiger charge is -2.22. The first-order valence-electron chi connectivity index (χ1n) is 8.66. The van der Waals surface area contributed by atoms with E-state index in [1.165, 1.54) is 25.3 Å². The van der Waals surface area contributed by atoms with Crippen LogP contribution in [0.1, 0.15) is 24.0 Å². The van der Waals surface area contributed by atoms with Gasteiger partial charge in [-0.25, -0.2) is 4.39 Å². The minimum absolute atomic E-state index is 0.0391. The molecule has 8 heteroatoms. The molecule has 1 aromatic carbocycles. The molecular formula is C20H17FN4O3. The molecule has 1 saturated heterocycles. The molecule has 0 bridgehead atoms. The quantitative estimate of drug-likeness (QED) is 0.873. The van der Waals surface area contributed by atoms with Gasteiger partial charge in [0.15, 0.2) is 5.82 Å². The fourth-order valence-electron chi connectivity index (χ4n) is 3.13. The van der Waals surface area contributed by atoms with Crippen molar-refractivity contribution in [2.45, 2.75) is 12.8 Å². The highest BCUT2D eigenvalue weighted by molar-refractivity contribution is 5.95. The normalized spacial score (nSPS) is 14.0. The number of anilines is 1. The molecule has 0 aliphatic carbocycles. The minimum Gasteiger partial charge on any atom is -0.480 e. The molecule has 1 N–H and O–H groups in total. The molecular weight excluding hydrogens is 363 g/mol. The van der Waals surface area contributed by atoms with Crippen molar-refractivity contribution in [3.05, 3.63) is 41.2 Å². The van der Waals surface area contributed by atoms with Crippen molar-refractivity contribution in [1.82, 2.24) is 4.98 Å². The fraction of sp³-hybridized carbons (Fsp3) is 0.300. The lowest BCUT2D eigenvalue weighted by Crippen LogP contribution is -2.29. The van der Waals surface area contributed by atoms with Crippen LogP contribution in [-0.4, -0.2) is 31.2 Å². The van der Waals surface area contributed by atoms with Crippen molar-refractivity contribution in [1.29, 1.82) is 10.5 Å². The Bertz CT molecular complexity index is 988. The van der Waals surface area contributed by atoms with Gasteiger partial charge in [0.25, 0.3) is 0 Å². The number of halogens is 1. The van der Waals surface area contributed by atoms with Crippen LogP contribution in [-0.2, 0) is 9.53 Å². The van der Waals surface area contributed by atoms with Gasteiger partial charge in [0.2, 0.25) is 11.8 Å². The van der Waals surface area contributed by atoms with Gasteiger partial charge >= 0.3 is 0 Å². The average Bonchev–Trinajstić information content (AvgIpc) is 2.73. The molecule has 1 aliphatic heterocycles. The molecule has 1 aliphatic rings. The maximum Gasteiger partial charge on any atom is 0.234 e. The van der Waals surface area contributed by atoms with E-state index in [0.29, 0.717) is 26.1 Å². The van der Waals surface area contributed by atoms with Crippen molar-refractivity contribution in [2.75, 3.05) is 25.6 Å². The number of aromatic nitrogens is 1. The van der Waals surface area contributed by atoms with Gasteiger partial charge in [0.05, 0.1) is 7.11 Å². The van der Waals surface area contributed by atoms with Crippen LogP contribution in [0.5, 0.6) is 5.88 Å². The number of hydrogen-bond donors (Lipinski definition) is 1. The molecule has 1 aromatic heterocycles. The molecule has 0 spiro atoms. The summed E-state index contributed by atoms with van der Waals surface area (Å²) in [6, 6.07) is 9.65. The molecule has 0 radical (unpaired) electrons. The van der Waals surface area contributed by atoms with Crippen molar-refractivity contribution >= 4 is 11.7 Å². The molecule has 0 unspecified atom stereocenters. The summed E-state index contributed by atoms with van der Waals surface area (Å²) in [7, 11) is 1.31. The smallest absolute Gasteiger partial charge is 0.234 e. The first-order valence-corrected chi connectivity index (χ1v) is 8.66. The highest BCUT2D eigenvalue weighted by Gasteiger charge is 2.27. The molecule has 0 atom stereocenters. The van der Waals surface area contributed by atoms with Crippen LogP contribution in [0.2, 0.25) is 0 Å². The Morgan fingerprint density at radius 3 is 2.54 bits per heavy atom. The van der Waals surface area contributed by atoms with Gasteiger partial charge in [-0.3, -0.25) is 4.79 Å². The second kappa shape index (κ2) is 8.47. The number of pyridine rings is 1. The number of ether oxygens (including phenoxy) is 2. The molecule has 0 saturated carbocycles. The van der Waals surface area contributed by atoms with Gasteiger partial charge < -0.3 is 14.8 Å². The summed E-state index contributed by atoms with van der Waals surface area (Å²) >= 11 is 0. The van der Waals surface area contributed by atoms with Crippen molar-refractivity contribution in [3.63, 3.8) is 0 Å². The third-order valence-corrected chi connectivity index (χ3v) is 4.56. The standard InChI is InChI=1S/C20H17FN4O3/c1-27-20-15(11-23)17(13-4-2-3-5-16(13)21)14(10-22)18(25-20)24-19(26)12-6-8-28-9-7-12/h2-5,12H,6-9H2,1H3,(H,24,25,26). The summed E-state index contributed by atoms with van der Waals surface area (Å²) in [4.78, 5) is 16.7. The number of rotatable bonds is 4. The van der Waals surface area contributed by atoms with E-state index in [2.05, 4.69) is 10.3 Å². The van der Waals surface area contributed by atoms with Crippen molar-refractivity contribution in [2.24, 2.45) is 5.92 Å². The van der Waals surface area contributed by atoms with Crippen LogP contribution < -0.4 is 10.1 Å². The number of amides is 1. The predicted molar refractivity (Wildman–Crippen MR) is 97.8 cm³/mol. The van der Waals surface area contributed by atoms with E-state index < -0.39 is 5.82 Å². The molecule has 2 heterocycles. The Hall–Kier alpha value is -3.49. The van der Waals surface area contributed by atoms with Crippen LogP contribution in [0, 0.1) is 34.4 Å². The second-order valence-electron chi connectivity index (χ2n) is 6.17. The number of nitriles is 2. The highest BCUT2D eigenvalue weighted by Crippen LogP contribution is 2.37. The van der Waals surface area contributed by atoms with E-state index in [1.54, 1.807) is 6.07 Å². The predicted octanol–water partition coefficient (Wildman–Crippen LogP) is 3.00. The lowest BCUT2D eigenvalue weighted by molar-refractivity contribution is -0.122. The zero-order valence-corrected chi connectivity index (χ0v) is 15.2. The van der Waals surface area contributed by atoms with E-state index in [1.807, 2.05) is 12.1 Å². The highest BCUT2D eigenvalue weighted by atomic mass is 19.1. The molecule has 7 nitrogen and oxygen atoms in total. The SMILES string of the molecule is COc1nc(NC(=O)C2CCOCC2)c(C#N)c(-c2ccccc2F)c1C#N. The number of carbonyl (C=O) groups excluding carboxylic acids is 1. The van der Waals surface area contributed by atoms with Crippen LogP contribution >= 0.6 is 0 Å². The first kappa shape index (κ1) is 19.3. The minimum atomic E-state index is -0.606. The Labute approximate surface area is 161 Å². The van der Waals surface area contributed by atoms with E-state index in [0.717, 1.165) is 0 Å². The first-order chi connectivity index (χ1) is 13.6. The summed E-state index contributed by atoms with van der Waals surface area (Å²) in [5, 5.41) is 21.9. The third kappa shape index (κ3) is 3.64. The number of nitrogens with zero attached hydrogens (tertiary/aromatic N) is 3.